The third-order valence-electron chi connectivity index (χ3n) is 10.4. The Kier molecular flexibility index (Phi) is 15.6. The largest absolute Gasteiger partial charge is 0.506 e. The van der Waals surface area contributed by atoms with E-state index < -0.39 is 24.2 Å². The van der Waals surface area contributed by atoms with Gasteiger partial charge in [-0.1, -0.05) is 60.1 Å². The molecule has 2 aliphatic heterocycles. The van der Waals surface area contributed by atoms with Crippen LogP contribution in [0.15, 0.2) is 78.9 Å². The highest BCUT2D eigenvalue weighted by molar-refractivity contribution is 6.33. The molecule has 4 amide bonds. The lowest BCUT2D eigenvalue weighted by Gasteiger charge is -2.31. The van der Waals surface area contributed by atoms with Crippen molar-refractivity contribution in [2.24, 2.45) is 0 Å². The number of aliphatic hydroxyl groups excluding tert-OH is 1. The third-order valence-corrected chi connectivity index (χ3v) is 10.7. The third kappa shape index (κ3) is 12.3. The monoisotopic (exact) mass is 858 g/mol. The molecule has 6 rings (SSSR count). The number of benzene rings is 4. The number of hydrogen-bond acceptors (Lipinski definition) is 12. The summed E-state index contributed by atoms with van der Waals surface area (Å²) < 4.78 is 22.1. The maximum atomic E-state index is 12.9. The number of para-hydroxylation sites is 1. The first-order valence-corrected chi connectivity index (χ1v) is 20.4. The minimum atomic E-state index is -1.03. The molecule has 0 aromatic heterocycles. The van der Waals surface area contributed by atoms with E-state index in [1.165, 1.54) is 19.2 Å². The van der Waals surface area contributed by atoms with Crippen LogP contribution >= 0.6 is 11.6 Å². The van der Waals surface area contributed by atoms with Gasteiger partial charge in [-0.15, -0.1) is 0 Å². The second kappa shape index (κ2) is 21.4. The molecule has 0 aliphatic carbocycles. The minimum absolute atomic E-state index is 0.0227. The minimum Gasteiger partial charge on any atom is -0.506 e. The summed E-state index contributed by atoms with van der Waals surface area (Å²) in [6, 6.07) is 23.5. The van der Waals surface area contributed by atoms with E-state index in [4.69, 9.17) is 30.5 Å². The fourth-order valence-corrected chi connectivity index (χ4v) is 7.33. The number of anilines is 3. The standard InChI is InChI=1S/C44H51ClN6O10/c1-50(40(55)17-21-51-19-15-30(16-20-51)61-44(57)47-34-12-7-6-11-31(34)28-9-4-3-5-10-28)18-8-22-59-43(56)48-35-24-38(58-2)29(23-33(35)45)25-46-26-37(53)32-13-14-36(52)41-42(32)60-27-39(54)49-41/h3-7,9-14,23-24,30,37,46,52-53H,8,15-22,25-27H2,1-2H3,(H,47,57)(H,48,56)(H,49,54)/t37-/m0/s1. The number of carbonyl (C=O) groups excluding carboxylic acids is 4. The zero-order chi connectivity index (χ0) is 43.3. The summed E-state index contributed by atoms with van der Waals surface area (Å²) in [5.74, 6) is 0.0332. The van der Waals surface area contributed by atoms with E-state index in [-0.39, 0.29) is 66.2 Å². The number of likely N-dealkylation sites (tertiary alicyclic amines) is 1. The second-order valence-electron chi connectivity index (χ2n) is 14.7. The SMILES string of the molecule is COc1cc(NC(=O)OCCCN(C)C(=O)CCN2CCC(OC(=O)Nc3ccccc3-c3ccccc3)CC2)c(Cl)cc1CNC[C@H](O)c1ccc(O)c2c1OCC(=O)N2. The Bertz CT molecular complexity index is 2170. The van der Waals surface area contributed by atoms with Gasteiger partial charge in [0.15, 0.2) is 12.4 Å². The molecule has 0 bridgehead atoms. The summed E-state index contributed by atoms with van der Waals surface area (Å²) in [5.41, 5.74) is 4.04. The Hall–Kier alpha value is -6.07. The van der Waals surface area contributed by atoms with Crippen LogP contribution in [0.5, 0.6) is 17.2 Å². The molecule has 1 atom stereocenters. The number of aliphatic hydroxyl groups is 1. The predicted molar refractivity (Wildman–Crippen MR) is 230 cm³/mol. The van der Waals surface area contributed by atoms with Gasteiger partial charge in [-0.2, -0.15) is 0 Å². The molecule has 0 saturated carbocycles. The predicted octanol–water partition coefficient (Wildman–Crippen LogP) is 6.38. The van der Waals surface area contributed by atoms with E-state index >= 15 is 0 Å². The lowest BCUT2D eigenvalue weighted by Crippen LogP contribution is -2.40. The van der Waals surface area contributed by atoms with Gasteiger partial charge in [0.25, 0.3) is 5.91 Å². The molecule has 1 saturated heterocycles. The van der Waals surface area contributed by atoms with Crippen LogP contribution < -0.4 is 30.7 Å². The molecule has 6 N–H and O–H groups in total. The number of fused-ring (bicyclic) bond motifs is 1. The number of hydrogen-bond donors (Lipinski definition) is 6. The number of amides is 4. The van der Waals surface area contributed by atoms with Gasteiger partial charge in [0.05, 0.1) is 36.2 Å². The zero-order valence-corrected chi connectivity index (χ0v) is 34.8. The van der Waals surface area contributed by atoms with Gasteiger partial charge in [0.1, 0.15) is 23.3 Å². The fraction of sp³-hybridized carbons (Fsp3) is 0.364. The topological polar surface area (TPSA) is 200 Å². The normalized spacial score (nSPS) is 14.5. The van der Waals surface area contributed by atoms with Gasteiger partial charge in [-0.3, -0.25) is 20.2 Å². The second-order valence-corrected chi connectivity index (χ2v) is 15.1. The number of ether oxygens (including phenoxy) is 4. The fourth-order valence-electron chi connectivity index (χ4n) is 7.10. The first kappa shape index (κ1) is 44.5. The molecule has 2 aliphatic rings. The highest BCUT2D eigenvalue weighted by Crippen LogP contribution is 2.41. The van der Waals surface area contributed by atoms with Crippen LogP contribution in [0.25, 0.3) is 11.1 Å². The zero-order valence-electron chi connectivity index (χ0n) is 34.1. The van der Waals surface area contributed by atoms with Gasteiger partial charge in [-0.05, 0) is 49.1 Å². The summed E-state index contributed by atoms with van der Waals surface area (Å²) in [7, 11) is 3.19. The van der Waals surface area contributed by atoms with Crippen LogP contribution in [0.3, 0.4) is 0 Å². The first-order valence-electron chi connectivity index (χ1n) is 20.0. The molecular weight excluding hydrogens is 808 g/mol. The molecular formula is C44H51ClN6O10. The van der Waals surface area contributed by atoms with Crippen molar-refractivity contribution in [3.8, 4) is 28.4 Å². The van der Waals surface area contributed by atoms with Crippen LogP contribution in [0, 0.1) is 0 Å². The van der Waals surface area contributed by atoms with Crippen molar-refractivity contribution in [2.75, 3.05) is 76.0 Å². The molecule has 4 aromatic rings. The Morgan fingerprint density at radius 1 is 1.00 bits per heavy atom. The summed E-state index contributed by atoms with van der Waals surface area (Å²) in [5, 5.41) is 32.4. The Morgan fingerprint density at radius 3 is 2.51 bits per heavy atom. The molecule has 4 aromatic carbocycles. The van der Waals surface area contributed by atoms with E-state index in [1.54, 1.807) is 24.1 Å². The maximum absolute atomic E-state index is 12.9. The number of nitrogens with zero attached hydrogens (tertiary/aromatic N) is 2. The van der Waals surface area contributed by atoms with Crippen molar-refractivity contribution in [2.45, 2.75) is 44.4 Å². The number of nitrogens with one attached hydrogen (secondary N) is 4. The van der Waals surface area contributed by atoms with E-state index in [2.05, 4.69) is 26.2 Å². The maximum Gasteiger partial charge on any atom is 0.411 e. The smallest absolute Gasteiger partial charge is 0.411 e. The van der Waals surface area contributed by atoms with Crippen molar-refractivity contribution < 1.29 is 48.3 Å². The summed E-state index contributed by atoms with van der Waals surface area (Å²) in [4.78, 5) is 53.8. The van der Waals surface area contributed by atoms with E-state index in [1.807, 2.05) is 54.6 Å². The number of methoxy groups -OCH3 is 1. The van der Waals surface area contributed by atoms with Crippen molar-refractivity contribution in [3.05, 3.63) is 95.0 Å². The molecule has 324 valence electrons. The summed E-state index contributed by atoms with van der Waals surface area (Å²) in [6.45, 7) is 2.58. The lowest BCUT2D eigenvalue weighted by molar-refractivity contribution is -0.130. The Labute approximate surface area is 359 Å². The van der Waals surface area contributed by atoms with Crippen LogP contribution in [0.1, 0.15) is 42.9 Å². The van der Waals surface area contributed by atoms with Crippen molar-refractivity contribution in [3.63, 3.8) is 0 Å². The number of phenolic OH excluding ortho intramolecular Hbond substituents is 1. The van der Waals surface area contributed by atoms with Gasteiger partial charge < -0.3 is 49.6 Å². The Balaban J connectivity index is 0.854. The summed E-state index contributed by atoms with van der Waals surface area (Å²) >= 11 is 6.50. The van der Waals surface area contributed by atoms with Crippen LogP contribution in [-0.2, 0) is 25.6 Å². The number of rotatable bonds is 17. The lowest BCUT2D eigenvalue weighted by atomic mass is 10.0. The summed E-state index contributed by atoms with van der Waals surface area (Å²) in [6.07, 6.45) is -0.338. The van der Waals surface area contributed by atoms with Crippen LogP contribution in [0.4, 0.5) is 26.7 Å². The molecule has 0 spiro atoms. The number of carbonyl (C=O) groups is 4. The number of phenols is 1. The van der Waals surface area contributed by atoms with Gasteiger partial charge >= 0.3 is 12.2 Å². The quantitative estimate of drug-likeness (QED) is 0.0507. The highest BCUT2D eigenvalue weighted by Gasteiger charge is 2.26. The van der Waals surface area contributed by atoms with Crippen LogP contribution in [-0.4, -0.2) is 110 Å². The molecule has 16 nitrogen and oxygen atoms in total. The molecule has 2 heterocycles. The molecule has 1 fully saturated rings. The van der Waals surface area contributed by atoms with E-state index in [9.17, 15) is 29.4 Å². The van der Waals surface area contributed by atoms with Gasteiger partial charge in [0.2, 0.25) is 5.91 Å². The number of piperidine rings is 1. The average Bonchev–Trinajstić information content (AvgIpc) is 3.26. The van der Waals surface area contributed by atoms with Crippen molar-refractivity contribution in [1.29, 1.82) is 0 Å². The molecule has 17 heteroatoms. The molecule has 0 radical (unpaired) electrons. The van der Waals surface area contributed by atoms with Gasteiger partial charge in [-0.25, -0.2) is 9.59 Å². The first-order chi connectivity index (χ1) is 29.5. The molecule has 0 unspecified atom stereocenters. The van der Waals surface area contributed by atoms with Gasteiger partial charge in [0, 0.05) is 75.5 Å². The Morgan fingerprint density at radius 2 is 1.74 bits per heavy atom. The highest BCUT2D eigenvalue weighted by atomic mass is 35.5. The van der Waals surface area contributed by atoms with Crippen molar-refractivity contribution in [1.82, 2.24) is 15.1 Å². The van der Waals surface area contributed by atoms with Crippen molar-refractivity contribution >= 4 is 52.7 Å². The molecule has 61 heavy (non-hydrogen) atoms. The average molecular weight is 859 g/mol. The van der Waals surface area contributed by atoms with E-state index in [0.29, 0.717) is 74.4 Å². The van der Waals surface area contributed by atoms with Crippen LogP contribution in [0.2, 0.25) is 5.02 Å². The number of halogens is 1. The van der Waals surface area contributed by atoms with E-state index in [0.717, 1.165) is 11.1 Å². The number of aromatic hydroxyl groups is 1.